The van der Waals surface area contributed by atoms with Gasteiger partial charge in [0.15, 0.2) is 0 Å². The van der Waals surface area contributed by atoms with Crippen molar-refractivity contribution < 1.29 is 4.74 Å². The predicted octanol–water partition coefficient (Wildman–Crippen LogP) is 3.26. The fourth-order valence-corrected chi connectivity index (χ4v) is 4.83. The third kappa shape index (κ3) is 1.38. The number of nitriles is 1. The number of hydrogen-bond donors (Lipinski definition) is 0. The summed E-state index contributed by atoms with van der Waals surface area (Å²) < 4.78 is 5.10. The fourth-order valence-electron chi connectivity index (χ4n) is 4.83. The van der Waals surface area contributed by atoms with Gasteiger partial charge < -0.3 is 4.74 Å². The van der Waals surface area contributed by atoms with Crippen molar-refractivity contribution in [2.24, 2.45) is 23.2 Å². The van der Waals surface area contributed by atoms with Crippen LogP contribution in [-0.4, -0.2) is 7.11 Å². The minimum Gasteiger partial charge on any atom is -0.503 e. The number of nitrogens with zero attached hydrogens (tertiary/aromatic N) is 1. The molecule has 4 bridgehead atoms. The van der Waals surface area contributed by atoms with Crippen LogP contribution in [0.25, 0.3) is 0 Å². The predicted molar refractivity (Wildman–Crippen MR) is 61.3 cm³/mol. The highest BCUT2D eigenvalue weighted by molar-refractivity contribution is 5.30. The zero-order valence-corrected chi connectivity index (χ0v) is 9.91. The Bertz CT molecular complexity index is 328. The molecule has 0 N–H and O–H groups in total. The number of allylic oxidation sites excluding steroid dienone is 1. The largest absolute Gasteiger partial charge is 0.503 e. The molecule has 2 heteroatoms. The second-order valence-corrected chi connectivity index (χ2v) is 6.08. The highest BCUT2D eigenvalue weighted by atomic mass is 16.5. The average Bonchev–Trinajstić information content (AvgIpc) is 2.23. The Kier molecular flexibility index (Phi) is 2.24. The van der Waals surface area contributed by atoms with E-state index in [1.54, 1.807) is 13.4 Å². The Morgan fingerprint density at radius 3 is 2.06 bits per heavy atom. The molecular formula is C14H19NO. The van der Waals surface area contributed by atoms with Crippen LogP contribution in [0.2, 0.25) is 0 Å². The van der Waals surface area contributed by atoms with Crippen molar-refractivity contribution in [2.75, 3.05) is 7.11 Å². The SMILES string of the molecule is CO/C=C(\C#N)C12CC3CC(CC(C3)C1)C2. The summed E-state index contributed by atoms with van der Waals surface area (Å²) >= 11 is 0. The molecule has 0 atom stereocenters. The van der Waals surface area contributed by atoms with Crippen molar-refractivity contribution >= 4 is 0 Å². The standard InChI is InChI=1S/C14H19NO/c1-16-9-13(8-15)14-5-10-2-11(6-14)4-12(3-10)7-14/h9-12H,2-7H2,1H3/b13-9+. The van der Waals surface area contributed by atoms with Gasteiger partial charge in [0.2, 0.25) is 0 Å². The molecule has 0 radical (unpaired) electrons. The first kappa shape index (κ1) is 10.2. The number of ether oxygens (including phenoxy) is 1. The van der Waals surface area contributed by atoms with E-state index in [-0.39, 0.29) is 5.41 Å². The van der Waals surface area contributed by atoms with Gasteiger partial charge in [-0.25, -0.2) is 0 Å². The van der Waals surface area contributed by atoms with E-state index in [9.17, 15) is 5.26 Å². The molecule has 86 valence electrons. The first-order chi connectivity index (χ1) is 7.75. The second-order valence-electron chi connectivity index (χ2n) is 6.08. The minimum atomic E-state index is 0.194. The number of methoxy groups -OCH3 is 1. The van der Waals surface area contributed by atoms with E-state index in [1.807, 2.05) is 0 Å². The van der Waals surface area contributed by atoms with Crippen LogP contribution in [0.15, 0.2) is 11.8 Å². The van der Waals surface area contributed by atoms with Crippen LogP contribution >= 0.6 is 0 Å². The molecule has 0 aromatic heterocycles. The van der Waals surface area contributed by atoms with Gasteiger partial charge in [-0.15, -0.1) is 0 Å². The number of rotatable bonds is 2. The quantitative estimate of drug-likeness (QED) is 0.525. The van der Waals surface area contributed by atoms with Crippen molar-refractivity contribution in [2.45, 2.75) is 38.5 Å². The topological polar surface area (TPSA) is 33.0 Å². The van der Waals surface area contributed by atoms with E-state index in [4.69, 9.17) is 4.74 Å². The van der Waals surface area contributed by atoms with Crippen LogP contribution in [0.4, 0.5) is 0 Å². The Morgan fingerprint density at radius 1 is 1.19 bits per heavy atom. The van der Waals surface area contributed by atoms with Crippen LogP contribution in [0.5, 0.6) is 0 Å². The normalized spacial score (nSPS) is 45.5. The zero-order chi connectivity index (χ0) is 11.2. The third-order valence-electron chi connectivity index (χ3n) is 4.97. The summed E-state index contributed by atoms with van der Waals surface area (Å²) in [5.74, 6) is 2.67. The lowest BCUT2D eigenvalue weighted by Gasteiger charge is -2.56. The van der Waals surface area contributed by atoms with Gasteiger partial charge in [-0.05, 0) is 56.3 Å². The molecular weight excluding hydrogens is 198 g/mol. The summed E-state index contributed by atoms with van der Waals surface area (Å²) in [6, 6.07) is 2.40. The molecule has 4 aliphatic rings. The van der Waals surface area contributed by atoms with Gasteiger partial charge in [-0.1, -0.05) is 0 Å². The molecule has 0 heterocycles. The van der Waals surface area contributed by atoms with E-state index in [2.05, 4.69) is 6.07 Å². The Balaban J connectivity index is 1.94. The molecule has 16 heavy (non-hydrogen) atoms. The van der Waals surface area contributed by atoms with Gasteiger partial charge in [-0.2, -0.15) is 5.26 Å². The number of hydrogen-bond acceptors (Lipinski definition) is 2. The highest BCUT2D eigenvalue weighted by Crippen LogP contribution is 2.62. The first-order valence-corrected chi connectivity index (χ1v) is 6.39. The van der Waals surface area contributed by atoms with Crippen molar-refractivity contribution in [1.29, 1.82) is 5.26 Å². The van der Waals surface area contributed by atoms with Gasteiger partial charge in [-0.3, -0.25) is 0 Å². The van der Waals surface area contributed by atoms with Gasteiger partial charge >= 0.3 is 0 Å². The lowest BCUT2D eigenvalue weighted by Crippen LogP contribution is -2.46. The Hall–Kier alpha value is -0.970. The summed E-state index contributed by atoms with van der Waals surface area (Å²) in [6.45, 7) is 0. The summed E-state index contributed by atoms with van der Waals surface area (Å²) in [6.07, 6.45) is 9.68. The van der Waals surface area contributed by atoms with E-state index < -0.39 is 0 Å². The van der Waals surface area contributed by atoms with Gasteiger partial charge in [0.25, 0.3) is 0 Å². The lowest BCUT2D eigenvalue weighted by molar-refractivity contribution is -0.0293. The molecule has 0 aromatic carbocycles. The maximum atomic E-state index is 9.32. The smallest absolute Gasteiger partial charge is 0.0985 e. The van der Waals surface area contributed by atoms with Crippen molar-refractivity contribution in [3.8, 4) is 6.07 Å². The fraction of sp³-hybridized carbons (Fsp3) is 0.786. The van der Waals surface area contributed by atoms with E-state index in [0.29, 0.717) is 0 Å². The molecule has 0 unspecified atom stereocenters. The summed E-state index contributed by atoms with van der Waals surface area (Å²) in [5, 5.41) is 9.32. The molecule has 0 aliphatic heterocycles. The summed E-state index contributed by atoms with van der Waals surface area (Å²) in [7, 11) is 1.65. The molecule has 0 aromatic rings. The van der Waals surface area contributed by atoms with Crippen LogP contribution in [0, 0.1) is 34.5 Å². The molecule has 0 spiro atoms. The maximum absolute atomic E-state index is 9.32. The summed E-state index contributed by atoms with van der Waals surface area (Å²) in [5.41, 5.74) is 1.11. The van der Waals surface area contributed by atoms with E-state index >= 15 is 0 Å². The van der Waals surface area contributed by atoms with Crippen LogP contribution in [0.3, 0.4) is 0 Å². The van der Waals surface area contributed by atoms with Crippen LogP contribution in [-0.2, 0) is 4.74 Å². The van der Waals surface area contributed by atoms with Gasteiger partial charge in [0.05, 0.1) is 25.0 Å². The van der Waals surface area contributed by atoms with E-state index in [0.717, 1.165) is 23.3 Å². The Labute approximate surface area is 97.3 Å². The lowest BCUT2D eigenvalue weighted by atomic mass is 9.48. The highest BCUT2D eigenvalue weighted by Gasteiger charge is 2.52. The molecule has 4 fully saturated rings. The van der Waals surface area contributed by atoms with Gasteiger partial charge in [0, 0.05) is 5.41 Å². The van der Waals surface area contributed by atoms with Crippen LogP contribution < -0.4 is 0 Å². The first-order valence-electron chi connectivity index (χ1n) is 6.39. The summed E-state index contributed by atoms with van der Waals surface area (Å²) in [4.78, 5) is 0. The third-order valence-corrected chi connectivity index (χ3v) is 4.97. The van der Waals surface area contributed by atoms with Crippen molar-refractivity contribution in [1.82, 2.24) is 0 Å². The zero-order valence-electron chi connectivity index (χ0n) is 9.91. The average molecular weight is 217 g/mol. The molecule has 2 nitrogen and oxygen atoms in total. The molecule has 0 saturated heterocycles. The molecule has 4 aliphatic carbocycles. The molecule has 4 saturated carbocycles. The second kappa shape index (κ2) is 3.52. The maximum Gasteiger partial charge on any atom is 0.0985 e. The van der Waals surface area contributed by atoms with E-state index in [1.165, 1.54) is 38.5 Å². The van der Waals surface area contributed by atoms with Gasteiger partial charge in [0.1, 0.15) is 0 Å². The monoisotopic (exact) mass is 217 g/mol. The van der Waals surface area contributed by atoms with Crippen molar-refractivity contribution in [3.05, 3.63) is 11.8 Å². The molecule has 0 amide bonds. The van der Waals surface area contributed by atoms with Crippen molar-refractivity contribution in [3.63, 3.8) is 0 Å². The molecule has 4 rings (SSSR count). The van der Waals surface area contributed by atoms with Crippen LogP contribution in [0.1, 0.15) is 38.5 Å². The Morgan fingerprint density at radius 2 is 1.69 bits per heavy atom. The minimum absolute atomic E-state index is 0.194.